The molecule has 0 fully saturated rings. The number of hydrogen-bond acceptors (Lipinski definition) is 2. The highest BCUT2D eigenvalue weighted by atomic mass is 16.5. The number of ether oxygens (including phenoxy) is 1. The average molecular weight is 280 g/mol. The molecular formula is C18H20N2O. The molecule has 3 rings (SSSR count). The minimum atomic E-state index is 0.764. The molecule has 0 unspecified atom stereocenters. The maximum Gasteiger partial charge on any atom is 0.141 e. The first-order chi connectivity index (χ1) is 10.3. The first kappa shape index (κ1) is 13.8. The topological polar surface area (TPSA) is 27.1 Å². The van der Waals surface area contributed by atoms with Gasteiger partial charge in [0.2, 0.25) is 0 Å². The number of aromatic nitrogens is 2. The number of methoxy groups -OCH3 is 1. The third-order valence-electron chi connectivity index (χ3n) is 3.66. The number of nitrogens with zero attached hydrogens (tertiary/aromatic N) is 2. The number of hydrogen-bond donors (Lipinski definition) is 0. The van der Waals surface area contributed by atoms with Gasteiger partial charge in [-0.1, -0.05) is 35.9 Å². The summed E-state index contributed by atoms with van der Waals surface area (Å²) in [5, 5.41) is 0. The van der Waals surface area contributed by atoms with Crippen LogP contribution < -0.4 is 0 Å². The molecule has 108 valence electrons. The van der Waals surface area contributed by atoms with Crippen LogP contribution in [0.2, 0.25) is 0 Å². The Balaban J connectivity index is 2.09. The van der Waals surface area contributed by atoms with Crippen molar-refractivity contribution < 1.29 is 4.74 Å². The number of rotatable bonds is 5. The largest absolute Gasteiger partial charge is 0.385 e. The smallest absolute Gasteiger partial charge is 0.141 e. The van der Waals surface area contributed by atoms with Gasteiger partial charge in [-0.25, -0.2) is 4.98 Å². The number of fused-ring (bicyclic) bond motifs is 1. The molecule has 0 bridgehead atoms. The van der Waals surface area contributed by atoms with Crippen LogP contribution in [0, 0.1) is 6.92 Å². The standard InChI is InChI=1S/C18H20N2O/c1-14-7-5-8-15(13-14)18-19-16-9-3-4-10-17(16)20(18)11-6-12-21-2/h3-5,7-10,13H,6,11-12H2,1-2H3. The Morgan fingerprint density at radius 3 is 2.76 bits per heavy atom. The average Bonchev–Trinajstić information content (AvgIpc) is 2.87. The minimum absolute atomic E-state index is 0.764. The molecule has 0 spiro atoms. The summed E-state index contributed by atoms with van der Waals surface area (Å²) in [5.41, 5.74) is 4.66. The Morgan fingerprint density at radius 1 is 1.10 bits per heavy atom. The van der Waals surface area contributed by atoms with Crippen molar-refractivity contribution >= 4 is 11.0 Å². The van der Waals surface area contributed by atoms with Gasteiger partial charge < -0.3 is 9.30 Å². The van der Waals surface area contributed by atoms with Crippen LogP contribution in [0.4, 0.5) is 0 Å². The van der Waals surface area contributed by atoms with Crippen molar-refractivity contribution in [1.29, 1.82) is 0 Å². The van der Waals surface area contributed by atoms with E-state index in [4.69, 9.17) is 9.72 Å². The van der Waals surface area contributed by atoms with Crippen LogP contribution in [0.3, 0.4) is 0 Å². The molecule has 0 aliphatic rings. The van der Waals surface area contributed by atoms with Crippen molar-refractivity contribution in [2.45, 2.75) is 19.9 Å². The summed E-state index contributed by atoms with van der Waals surface area (Å²) in [6.07, 6.45) is 0.982. The van der Waals surface area contributed by atoms with E-state index >= 15 is 0 Å². The van der Waals surface area contributed by atoms with Crippen LogP contribution in [0.1, 0.15) is 12.0 Å². The molecular weight excluding hydrogens is 260 g/mol. The number of imidazole rings is 1. The lowest BCUT2D eigenvalue weighted by Crippen LogP contribution is -2.03. The van der Waals surface area contributed by atoms with Crippen LogP contribution >= 0.6 is 0 Å². The summed E-state index contributed by atoms with van der Waals surface area (Å²) in [6, 6.07) is 16.8. The zero-order chi connectivity index (χ0) is 14.7. The van der Waals surface area contributed by atoms with Crippen LogP contribution in [-0.2, 0) is 11.3 Å². The number of para-hydroxylation sites is 2. The normalized spacial score (nSPS) is 11.1. The second kappa shape index (κ2) is 6.10. The molecule has 1 heterocycles. The molecule has 0 amide bonds. The third kappa shape index (κ3) is 2.83. The van der Waals surface area contributed by atoms with Gasteiger partial charge in [0.1, 0.15) is 5.82 Å². The Bertz CT molecular complexity index is 746. The minimum Gasteiger partial charge on any atom is -0.385 e. The van der Waals surface area contributed by atoms with E-state index < -0.39 is 0 Å². The van der Waals surface area contributed by atoms with Crippen LogP contribution in [0.5, 0.6) is 0 Å². The maximum atomic E-state index is 5.18. The quantitative estimate of drug-likeness (QED) is 0.659. The second-order valence-electron chi connectivity index (χ2n) is 5.29. The fourth-order valence-corrected chi connectivity index (χ4v) is 2.67. The number of benzene rings is 2. The van der Waals surface area contributed by atoms with Gasteiger partial charge in [0.05, 0.1) is 11.0 Å². The lowest BCUT2D eigenvalue weighted by Gasteiger charge is -2.09. The van der Waals surface area contributed by atoms with Gasteiger partial charge in [-0.15, -0.1) is 0 Å². The van der Waals surface area contributed by atoms with Gasteiger partial charge in [0.15, 0.2) is 0 Å². The molecule has 0 saturated carbocycles. The van der Waals surface area contributed by atoms with Gasteiger partial charge >= 0.3 is 0 Å². The molecule has 1 aromatic heterocycles. The van der Waals surface area contributed by atoms with Gasteiger partial charge in [0.25, 0.3) is 0 Å². The van der Waals surface area contributed by atoms with Crippen molar-refractivity contribution in [3.8, 4) is 11.4 Å². The molecule has 2 aromatic carbocycles. The molecule has 21 heavy (non-hydrogen) atoms. The third-order valence-corrected chi connectivity index (χ3v) is 3.66. The van der Waals surface area contributed by atoms with Crippen molar-refractivity contribution in [2.24, 2.45) is 0 Å². The highest BCUT2D eigenvalue weighted by molar-refractivity contribution is 5.80. The van der Waals surface area contributed by atoms with Crippen molar-refractivity contribution in [3.63, 3.8) is 0 Å². The Labute approximate surface area is 125 Å². The van der Waals surface area contributed by atoms with E-state index in [1.807, 2.05) is 6.07 Å². The van der Waals surface area contributed by atoms with E-state index in [0.717, 1.165) is 30.9 Å². The monoisotopic (exact) mass is 280 g/mol. The van der Waals surface area contributed by atoms with E-state index in [0.29, 0.717) is 0 Å². The summed E-state index contributed by atoms with van der Waals surface area (Å²) < 4.78 is 7.48. The summed E-state index contributed by atoms with van der Waals surface area (Å²) in [4.78, 5) is 4.82. The molecule has 3 nitrogen and oxygen atoms in total. The summed E-state index contributed by atoms with van der Waals surface area (Å²) in [6.45, 7) is 3.79. The summed E-state index contributed by atoms with van der Waals surface area (Å²) in [7, 11) is 1.74. The molecule has 0 atom stereocenters. The number of aryl methyl sites for hydroxylation is 2. The molecule has 0 radical (unpaired) electrons. The highest BCUT2D eigenvalue weighted by Gasteiger charge is 2.12. The summed E-state index contributed by atoms with van der Waals surface area (Å²) >= 11 is 0. The summed E-state index contributed by atoms with van der Waals surface area (Å²) in [5.74, 6) is 1.04. The van der Waals surface area contributed by atoms with Gasteiger partial charge in [-0.3, -0.25) is 0 Å². The van der Waals surface area contributed by atoms with E-state index in [1.165, 1.54) is 16.6 Å². The van der Waals surface area contributed by atoms with E-state index in [-0.39, 0.29) is 0 Å². The molecule has 3 heteroatoms. The van der Waals surface area contributed by atoms with Crippen LogP contribution in [-0.4, -0.2) is 23.3 Å². The maximum absolute atomic E-state index is 5.18. The second-order valence-corrected chi connectivity index (χ2v) is 5.29. The van der Waals surface area contributed by atoms with Crippen molar-refractivity contribution in [1.82, 2.24) is 9.55 Å². The highest BCUT2D eigenvalue weighted by Crippen LogP contribution is 2.25. The van der Waals surface area contributed by atoms with E-state index in [2.05, 4.69) is 54.0 Å². The Kier molecular flexibility index (Phi) is 4.02. The van der Waals surface area contributed by atoms with E-state index in [9.17, 15) is 0 Å². The molecule has 0 aliphatic carbocycles. The van der Waals surface area contributed by atoms with Gasteiger partial charge in [-0.2, -0.15) is 0 Å². The fraction of sp³-hybridized carbons (Fsp3) is 0.278. The van der Waals surface area contributed by atoms with Crippen LogP contribution in [0.25, 0.3) is 22.4 Å². The first-order valence-corrected chi connectivity index (χ1v) is 7.31. The predicted octanol–water partition coefficient (Wildman–Crippen LogP) is 4.05. The zero-order valence-electron chi connectivity index (χ0n) is 12.5. The zero-order valence-corrected chi connectivity index (χ0v) is 12.5. The molecule has 0 saturated heterocycles. The molecule has 0 N–H and O–H groups in total. The first-order valence-electron chi connectivity index (χ1n) is 7.31. The lowest BCUT2D eigenvalue weighted by atomic mass is 10.1. The molecule has 0 aliphatic heterocycles. The van der Waals surface area contributed by atoms with E-state index in [1.54, 1.807) is 7.11 Å². The lowest BCUT2D eigenvalue weighted by molar-refractivity contribution is 0.191. The molecule has 3 aromatic rings. The van der Waals surface area contributed by atoms with Crippen molar-refractivity contribution in [2.75, 3.05) is 13.7 Å². The predicted molar refractivity (Wildman–Crippen MR) is 86.4 cm³/mol. The Morgan fingerprint density at radius 2 is 1.95 bits per heavy atom. The fourth-order valence-electron chi connectivity index (χ4n) is 2.67. The Hall–Kier alpha value is -2.13. The van der Waals surface area contributed by atoms with Crippen LogP contribution in [0.15, 0.2) is 48.5 Å². The van der Waals surface area contributed by atoms with Crippen molar-refractivity contribution in [3.05, 3.63) is 54.1 Å². The van der Waals surface area contributed by atoms with Gasteiger partial charge in [-0.05, 0) is 31.5 Å². The SMILES string of the molecule is COCCCn1c(-c2cccc(C)c2)nc2ccccc21. The van der Waals surface area contributed by atoms with Gasteiger partial charge in [0, 0.05) is 25.8 Å².